The number of phenolic OH excluding ortho intramolecular Hbond substituents is 2. The van der Waals surface area contributed by atoms with Crippen LogP contribution < -0.4 is 5.32 Å². The van der Waals surface area contributed by atoms with Crippen LogP contribution in [0.2, 0.25) is 0 Å². The van der Waals surface area contributed by atoms with Crippen molar-refractivity contribution in [3.05, 3.63) is 23.8 Å². The Kier molecular flexibility index (Phi) is 4.65. The molecule has 0 saturated carbocycles. The number of rotatable bonds is 5. The van der Waals surface area contributed by atoms with Crippen molar-refractivity contribution in [3.63, 3.8) is 0 Å². The number of phenols is 2. The van der Waals surface area contributed by atoms with Crippen LogP contribution in [0.4, 0.5) is 8.78 Å². The second kappa shape index (κ2) is 5.79. The van der Waals surface area contributed by atoms with E-state index in [2.05, 4.69) is 5.32 Å². The molecule has 0 aliphatic carbocycles. The first-order valence-corrected chi connectivity index (χ1v) is 5.13. The van der Waals surface area contributed by atoms with Gasteiger partial charge in [-0.1, -0.05) is 0 Å². The van der Waals surface area contributed by atoms with Gasteiger partial charge in [-0.2, -0.15) is 0 Å². The van der Waals surface area contributed by atoms with Gasteiger partial charge in [0.05, 0.1) is 0 Å². The molecule has 4 nitrogen and oxygen atoms in total. The van der Waals surface area contributed by atoms with Crippen LogP contribution in [0.1, 0.15) is 18.5 Å². The zero-order chi connectivity index (χ0) is 13.0. The molecule has 1 rings (SSSR count). The molecule has 0 bridgehead atoms. The number of alkyl halides is 2. The molecule has 2 atom stereocenters. The Bertz CT molecular complexity index is 374. The van der Waals surface area contributed by atoms with Crippen LogP contribution >= 0.6 is 0 Å². The largest absolute Gasteiger partial charge is 0.508 e. The molecule has 0 aliphatic rings. The average Bonchev–Trinajstić information content (AvgIpc) is 2.28. The molecule has 96 valence electrons. The highest BCUT2D eigenvalue weighted by Crippen LogP contribution is 2.27. The molecule has 6 heteroatoms. The monoisotopic (exact) mass is 247 g/mol. The lowest BCUT2D eigenvalue weighted by Crippen LogP contribution is -2.33. The summed E-state index contributed by atoms with van der Waals surface area (Å²) in [6, 6.07) is 3.50. The van der Waals surface area contributed by atoms with Crippen molar-refractivity contribution < 1.29 is 24.1 Å². The van der Waals surface area contributed by atoms with Gasteiger partial charge in [-0.15, -0.1) is 0 Å². The van der Waals surface area contributed by atoms with E-state index in [4.69, 9.17) is 5.11 Å². The lowest BCUT2D eigenvalue weighted by Gasteiger charge is -2.18. The standard InChI is InChI=1S/C11H15F2NO3/c1-6(14-5-10(17)11(12)13)8-4-7(15)2-3-9(8)16/h2-4,6,10-11,14-17H,5H2,1H3. The van der Waals surface area contributed by atoms with Crippen LogP contribution in [-0.4, -0.2) is 34.4 Å². The van der Waals surface area contributed by atoms with E-state index in [0.717, 1.165) is 0 Å². The summed E-state index contributed by atoms with van der Waals surface area (Å²) in [7, 11) is 0. The zero-order valence-electron chi connectivity index (χ0n) is 9.27. The van der Waals surface area contributed by atoms with Gasteiger partial charge >= 0.3 is 0 Å². The molecule has 0 heterocycles. The van der Waals surface area contributed by atoms with Gasteiger partial charge in [0, 0.05) is 18.2 Å². The summed E-state index contributed by atoms with van der Waals surface area (Å²) < 4.78 is 24.1. The highest BCUT2D eigenvalue weighted by molar-refractivity contribution is 5.40. The van der Waals surface area contributed by atoms with Crippen molar-refractivity contribution >= 4 is 0 Å². The first kappa shape index (κ1) is 13.7. The topological polar surface area (TPSA) is 72.7 Å². The minimum absolute atomic E-state index is 0.0270. The molecule has 0 amide bonds. The van der Waals surface area contributed by atoms with E-state index < -0.39 is 18.6 Å². The number of aromatic hydroxyl groups is 2. The van der Waals surface area contributed by atoms with Crippen LogP contribution in [0.15, 0.2) is 18.2 Å². The van der Waals surface area contributed by atoms with E-state index in [1.54, 1.807) is 6.92 Å². The Labute approximate surface area is 97.5 Å². The van der Waals surface area contributed by atoms with Crippen molar-refractivity contribution in [1.29, 1.82) is 0 Å². The Hall–Kier alpha value is -1.40. The lowest BCUT2D eigenvalue weighted by molar-refractivity contribution is -0.00442. The predicted molar refractivity (Wildman–Crippen MR) is 58.2 cm³/mol. The molecular weight excluding hydrogens is 232 g/mol. The number of nitrogens with one attached hydrogen (secondary N) is 1. The third kappa shape index (κ3) is 3.83. The number of aliphatic hydroxyl groups excluding tert-OH is 1. The van der Waals surface area contributed by atoms with Crippen LogP contribution in [0.25, 0.3) is 0 Å². The minimum atomic E-state index is -2.81. The Morgan fingerprint density at radius 2 is 1.94 bits per heavy atom. The first-order chi connectivity index (χ1) is 7.91. The maximum absolute atomic E-state index is 12.0. The number of hydrogen-bond donors (Lipinski definition) is 4. The third-order valence-corrected chi connectivity index (χ3v) is 2.40. The molecule has 0 aromatic heterocycles. The summed E-state index contributed by atoms with van der Waals surface area (Å²) in [5, 5.41) is 30.3. The number of halogens is 2. The van der Waals surface area contributed by atoms with Gasteiger partial charge in [-0.05, 0) is 25.1 Å². The van der Waals surface area contributed by atoms with Gasteiger partial charge in [-0.3, -0.25) is 0 Å². The molecule has 17 heavy (non-hydrogen) atoms. The van der Waals surface area contributed by atoms with Crippen LogP contribution in [0.3, 0.4) is 0 Å². The SMILES string of the molecule is CC(NCC(O)C(F)F)c1cc(O)ccc1O. The van der Waals surface area contributed by atoms with E-state index in [1.165, 1.54) is 18.2 Å². The summed E-state index contributed by atoms with van der Waals surface area (Å²) in [5.41, 5.74) is 0.381. The fraction of sp³-hybridized carbons (Fsp3) is 0.455. The van der Waals surface area contributed by atoms with E-state index >= 15 is 0 Å². The lowest BCUT2D eigenvalue weighted by atomic mass is 10.1. The molecule has 1 aromatic rings. The second-order valence-corrected chi connectivity index (χ2v) is 3.77. The Morgan fingerprint density at radius 3 is 2.53 bits per heavy atom. The van der Waals surface area contributed by atoms with Crippen molar-refractivity contribution in [2.45, 2.75) is 25.5 Å². The van der Waals surface area contributed by atoms with Gasteiger partial charge in [0.15, 0.2) is 0 Å². The molecule has 0 radical (unpaired) electrons. The number of aliphatic hydroxyl groups is 1. The number of hydrogen-bond acceptors (Lipinski definition) is 4. The molecule has 0 spiro atoms. The summed E-state index contributed by atoms with van der Waals surface area (Å²) in [4.78, 5) is 0. The van der Waals surface area contributed by atoms with Crippen molar-refractivity contribution in [3.8, 4) is 11.5 Å². The van der Waals surface area contributed by atoms with E-state index in [-0.39, 0.29) is 18.0 Å². The predicted octanol–water partition coefficient (Wildman–Crippen LogP) is 1.37. The molecule has 1 aromatic carbocycles. The fourth-order valence-electron chi connectivity index (χ4n) is 1.39. The van der Waals surface area contributed by atoms with E-state index in [0.29, 0.717) is 5.56 Å². The van der Waals surface area contributed by atoms with Gasteiger partial charge in [0.2, 0.25) is 0 Å². The highest BCUT2D eigenvalue weighted by Gasteiger charge is 2.18. The second-order valence-electron chi connectivity index (χ2n) is 3.77. The summed E-state index contributed by atoms with van der Waals surface area (Å²) in [6.45, 7) is 1.33. The van der Waals surface area contributed by atoms with Crippen LogP contribution in [-0.2, 0) is 0 Å². The van der Waals surface area contributed by atoms with Gasteiger partial charge < -0.3 is 20.6 Å². The molecule has 4 N–H and O–H groups in total. The summed E-state index contributed by atoms with van der Waals surface area (Å²) in [5.74, 6) is -0.0739. The maximum atomic E-state index is 12.0. The molecule has 0 aliphatic heterocycles. The van der Waals surface area contributed by atoms with E-state index in [1.807, 2.05) is 0 Å². The summed E-state index contributed by atoms with van der Waals surface area (Å²) >= 11 is 0. The smallest absolute Gasteiger partial charge is 0.265 e. The van der Waals surface area contributed by atoms with Gasteiger partial charge in [0.25, 0.3) is 6.43 Å². The first-order valence-electron chi connectivity index (χ1n) is 5.13. The van der Waals surface area contributed by atoms with Crippen molar-refractivity contribution in [2.75, 3.05) is 6.54 Å². The van der Waals surface area contributed by atoms with Gasteiger partial charge in [-0.25, -0.2) is 8.78 Å². The molecule has 2 unspecified atom stereocenters. The zero-order valence-corrected chi connectivity index (χ0v) is 9.27. The van der Waals surface area contributed by atoms with Crippen LogP contribution in [0.5, 0.6) is 11.5 Å². The third-order valence-electron chi connectivity index (χ3n) is 2.40. The number of benzene rings is 1. The molecule has 0 fully saturated rings. The highest BCUT2D eigenvalue weighted by atomic mass is 19.3. The van der Waals surface area contributed by atoms with Crippen molar-refractivity contribution in [1.82, 2.24) is 5.32 Å². The summed E-state index contributed by atoms with van der Waals surface area (Å²) in [6.07, 6.45) is -4.57. The van der Waals surface area contributed by atoms with E-state index in [9.17, 15) is 19.0 Å². The van der Waals surface area contributed by atoms with Gasteiger partial charge in [0.1, 0.15) is 17.6 Å². The normalized spacial score (nSPS) is 14.9. The maximum Gasteiger partial charge on any atom is 0.265 e. The average molecular weight is 247 g/mol. The Balaban J connectivity index is 2.63. The minimum Gasteiger partial charge on any atom is -0.508 e. The Morgan fingerprint density at radius 1 is 1.29 bits per heavy atom. The molecule has 0 saturated heterocycles. The quantitative estimate of drug-likeness (QED) is 0.593. The van der Waals surface area contributed by atoms with Crippen molar-refractivity contribution in [2.24, 2.45) is 0 Å². The molecular formula is C11H15F2NO3. The van der Waals surface area contributed by atoms with Crippen LogP contribution in [0, 0.1) is 0 Å². The fourth-order valence-corrected chi connectivity index (χ4v) is 1.39.